The molecule has 0 bridgehead atoms. The first-order chi connectivity index (χ1) is 12.1. The Bertz CT molecular complexity index is 946. The molecule has 0 aliphatic rings. The number of benzene rings is 1. The highest BCUT2D eigenvalue weighted by Gasteiger charge is 2.15. The topological polar surface area (TPSA) is 37.6 Å². The fraction of sp³-hybridized carbons (Fsp3) is 0.211. The molecule has 6 heteroatoms. The van der Waals surface area contributed by atoms with E-state index >= 15 is 0 Å². The molecule has 0 saturated carbocycles. The van der Waals surface area contributed by atoms with Crippen molar-refractivity contribution in [2.75, 3.05) is 5.75 Å². The summed E-state index contributed by atoms with van der Waals surface area (Å²) in [5.74, 6) is 0.892. The van der Waals surface area contributed by atoms with Gasteiger partial charge >= 0.3 is 0 Å². The van der Waals surface area contributed by atoms with E-state index in [1.54, 1.807) is 23.1 Å². The summed E-state index contributed by atoms with van der Waals surface area (Å²) in [5.41, 5.74) is 5.50. The summed E-state index contributed by atoms with van der Waals surface area (Å²) in [6.07, 6.45) is 0. The van der Waals surface area contributed by atoms with E-state index in [9.17, 15) is 0 Å². The number of aromatic nitrogens is 1. The molecule has 0 radical (unpaired) electrons. The maximum absolute atomic E-state index is 5.65. The lowest BCUT2D eigenvalue weighted by atomic mass is 10.1. The van der Waals surface area contributed by atoms with Crippen molar-refractivity contribution in [1.82, 2.24) is 4.98 Å². The second-order valence-electron chi connectivity index (χ2n) is 5.43. The number of rotatable bonds is 3. The van der Waals surface area contributed by atoms with Crippen LogP contribution in [0.5, 0.6) is 0 Å². The molecule has 0 fully saturated rings. The lowest BCUT2D eigenvalue weighted by molar-refractivity contribution is 1.38. The van der Waals surface area contributed by atoms with E-state index in [1.165, 1.54) is 11.2 Å². The van der Waals surface area contributed by atoms with Crippen LogP contribution in [0.2, 0.25) is 0 Å². The van der Waals surface area contributed by atoms with E-state index in [2.05, 4.69) is 44.0 Å². The number of fused-ring (bicyclic) bond motifs is 1. The van der Waals surface area contributed by atoms with Crippen molar-refractivity contribution in [1.29, 1.82) is 0 Å². The zero-order chi connectivity index (χ0) is 17.8. The van der Waals surface area contributed by atoms with Crippen LogP contribution in [0.1, 0.15) is 17.4 Å². The molecule has 0 N–H and O–H groups in total. The van der Waals surface area contributed by atoms with E-state index in [0.29, 0.717) is 5.17 Å². The smallest absolute Gasteiger partial charge is 0.188 e. The molecule has 1 aromatic carbocycles. The zero-order valence-corrected chi connectivity index (χ0v) is 16.7. The molecule has 0 saturated heterocycles. The molecule has 0 amide bonds. The van der Waals surface area contributed by atoms with Crippen molar-refractivity contribution in [3.05, 3.63) is 46.8 Å². The number of thioether (sulfide) groups is 1. The molecule has 3 rings (SSSR count). The summed E-state index contributed by atoms with van der Waals surface area (Å²) in [7, 11) is 0. The minimum atomic E-state index is 0.673. The third kappa shape index (κ3) is 3.94. The summed E-state index contributed by atoms with van der Waals surface area (Å²) in [5, 5.41) is 1.77. The predicted molar refractivity (Wildman–Crippen MR) is 114 cm³/mol. The summed E-state index contributed by atoms with van der Waals surface area (Å²) in [6, 6.07) is 12.4. The highest BCUT2D eigenvalue weighted by molar-refractivity contribution is 8.13. The third-order valence-electron chi connectivity index (χ3n) is 3.71. The zero-order valence-electron chi connectivity index (χ0n) is 14.3. The van der Waals surface area contributed by atoms with Crippen molar-refractivity contribution in [3.63, 3.8) is 0 Å². The van der Waals surface area contributed by atoms with Crippen LogP contribution in [0.15, 0.2) is 46.4 Å². The Balaban J connectivity index is 2.16. The molecule has 0 spiro atoms. The molecular weight excluding hydrogens is 370 g/mol. The van der Waals surface area contributed by atoms with E-state index < -0.39 is 0 Å². The van der Waals surface area contributed by atoms with Gasteiger partial charge in [0.1, 0.15) is 4.83 Å². The van der Waals surface area contributed by atoms with Gasteiger partial charge in [0.05, 0.1) is 17.1 Å². The highest BCUT2D eigenvalue weighted by Crippen LogP contribution is 2.40. The van der Waals surface area contributed by atoms with Crippen molar-refractivity contribution >= 4 is 61.4 Å². The number of hydrogen-bond donors (Lipinski definition) is 0. The lowest BCUT2D eigenvalue weighted by Gasteiger charge is -2.05. The highest BCUT2D eigenvalue weighted by atomic mass is 35.5. The van der Waals surface area contributed by atoms with Gasteiger partial charge in [-0.2, -0.15) is 0 Å². The number of thiophene rings is 1. The summed E-state index contributed by atoms with van der Waals surface area (Å²) in [4.78, 5) is 15.9. The molecule has 3 aromatic rings. The van der Waals surface area contributed by atoms with Crippen LogP contribution in [0, 0.1) is 13.8 Å². The number of aliphatic imine (C=N–C) groups is 2. The van der Waals surface area contributed by atoms with Gasteiger partial charge in [-0.15, -0.1) is 11.3 Å². The van der Waals surface area contributed by atoms with E-state index in [-0.39, 0.29) is 0 Å². The molecule has 0 aliphatic carbocycles. The van der Waals surface area contributed by atoms with Gasteiger partial charge in [-0.3, -0.25) is 0 Å². The number of hydrogen-bond acceptors (Lipinski definition) is 4. The van der Waals surface area contributed by atoms with Gasteiger partial charge in [-0.1, -0.05) is 60.6 Å². The maximum Gasteiger partial charge on any atom is 0.188 e. The molecule has 3 nitrogen and oxygen atoms in total. The average Bonchev–Trinajstić information content (AvgIpc) is 2.92. The standard InChI is InChI=1S/C19H18ClN3S2/c1-4-24-19(21-11-20)23-17-13(3)25-18-16(17)12(2)10-15(22-18)14-8-6-5-7-9-14/h5-11H,4H2,1-3H3. The quantitative estimate of drug-likeness (QED) is 0.375. The lowest BCUT2D eigenvalue weighted by Crippen LogP contribution is -1.89. The van der Waals surface area contributed by atoms with Gasteiger partial charge in [0.15, 0.2) is 5.17 Å². The molecule has 0 aliphatic heterocycles. The Morgan fingerprint density at radius 2 is 2.04 bits per heavy atom. The van der Waals surface area contributed by atoms with Crippen molar-refractivity contribution in [2.45, 2.75) is 20.8 Å². The molecular formula is C19H18ClN3S2. The molecule has 2 heterocycles. The first kappa shape index (κ1) is 18.1. The van der Waals surface area contributed by atoms with Crippen molar-refractivity contribution in [2.24, 2.45) is 9.98 Å². The molecule has 0 unspecified atom stereocenters. The first-order valence-corrected chi connectivity index (χ1v) is 10.2. The molecule has 0 atom stereocenters. The Morgan fingerprint density at radius 3 is 2.72 bits per heavy atom. The largest absolute Gasteiger partial charge is 0.237 e. The van der Waals surface area contributed by atoms with E-state index in [4.69, 9.17) is 21.6 Å². The van der Waals surface area contributed by atoms with E-state index in [1.807, 2.05) is 18.2 Å². The number of pyridine rings is 1. The Hall–Kier alpha value is -1.69. The third-order valence-corrected chi connectivity index (χ3v) is 5.54. The fourth-order valence-corrected chi connectivity index (χ4v) is 4.36. The van der Waals surface area contributed by atoms with Crippen LogP contribution in [0.4, 0.5) is 5.69 Å². The van der Waals surface area contributed by atoms with Crippen LogP contribution in [0.3, 0.4) is 0 Å². The number of aryl methyl sites for hydroxylation is 2. The van der Waals surface area contributed by atoms with Gasteiger partial charge in [0.25, 0.3) is 0 Å². The Kier molecular flexibility index (Phi) is 5.89. The normalized spacial score (nSPS) is 12.4. The molecule has 2 aromatic heterocycles. The minimum absolute atomic E-state index is 0.673. The van der Waals surface area contributed by atoms with Crippen LogP contribution >= 0.6 is 34.7 Å². The monoisotopic (exact) mass is 387 g/mol. The Labute approximate surface area is 160 Å². The Morgan fingerprint density at radius 1 is 1.28 bits per heavy atom. The SMILES string of the molecule is CCSC(N=CCl)=Nc1c(C)sc2nc(-c3ccccc3)cc(C)c12. The predicted octanol–water partition coefficient (Wildman–Crippen LogP) is 6.59. The van der Waals surface area contributed by atoms with Crippen LogP contribution in [0.25, 0.3) is 21.5 Å². The van der Waals surface area contributed by atoms with Gasteiger partial charge < -0.3 is 0 Å². The van der Waals surface area contributed by atoms with Gasteiger partial charge in [0.2, 0.25) is 0 Å². The molecule has 128 valence electrons. The van der Waals surface area contributed by atoms with Crippen molar-refractivity contribution in [3.8, 4) is 11.3 Å². The first-order valence-electron chi connectivity index (χ1n) is 7.94. The summed E-state index contributed by atoms with van der Waals surface area (Å²) >= 11 is 8.90. The number of halogens is 1. The number of amidine groups is 1. The fourth-order valence-electron chi connectivity index (χ4n) is 2.63. The van der Waals surface area contributed by atoms with Crippen LogP contribution < -0.4 is 0 Å². The van der Waals surface area contributed by atoms with Crippen LogP contribution in [-0.2, 0) is 0 Å². The second kappa shape index (κ2) is 8.13. The minimum Gasteiger partial charge on any atom is -0.237 e. The summed E-state index contributed by atoms with van der Waals surface area (Å²) in [6.45, 7) is 6.26. The second-order valence-corrected chi connectivity index (χ2v) is 8.06. The van der Waals surface area contributed by atoms with E-state index in [0.717, 1.165) is 37.8 Å². The average molecular weight is 388 g/mol. The maximum atomic E-state index is 5.65. The van der Waals surface area contributed by atoms with Crippen molar-refractivity contribution < 1.29 is 0 Å². The van der Waals surface area contributed by atoms with Gasteiger partial charge in [-0.25, -0.2) is 15.0 Å². The van der Waals surface area contributed by atoms with Gasteiger partial charge in [-0.05, 0) is 31.2 Å². The molecule has 25 heavy (non-hydrogen) atoms. The van der Waals surface area contributed by atoms with Gasteiger partial charge in [0, 0.05) is 15.8 Å². The van der Waals surface area contributed by atoms with Crippen LogP contribution in [-0.4, -0.2) is 21.6 Å². The summed E-state index contributed by atoms with van der Waals surface area (Å²) < 4.78 is 0. The number of nitrogens with zero attached hydrogens (tertiary/aromatic N) is 3.